The standard InChI is InChI=1S/C46H29N5S/c1-4-14-30(15-5-1)31-26-28-33(29-27-31)44-48-43(32-16-6-2-7-17-32)49-45(50-44)35-20-12-24-39-41(35)42-36(21-13-25-40(42)52-39)46-47-37-22-10-11-23-38(37)51(46)34-18-8-3-9-19-34/h1-29H. The largest absolute Gasteiger partial charge is 0.292 e. The van der Waals surface area contributed by atoms with Crippen molar-refractivity contribution in [3.63, 3.8) is 0 Å². The van der Waals surface area contributed by atoms with Crippen LogP contribution in [0.25, 0.3) is 93.6 Å². The molecule has 0 radical (unpaired) electrons. The fourth-order valence-corrected chi connectivity index (χ4v) is 8.23. The van der Waals surface area contributed by atoms with Gasteiger partial charge in [-0.1, -0.05) is 140 Å². The van der Waals surface area contributed by atoms with Crippen LogP contribution in [0.3, 0.4) is 0 Å². The summed E-state index contributed by atoms with van der Waals surface area (Å²) in [4.78, 5) is 20.7. The average molecular weight is 684 g/mol. The van der Waals surface area contributed by atoms with Crippen molar-refractivity contribution in [2.75, 3.05) is 0 Å². The Hall–Kier alpha value is -6.76. The maximum Gasteiger partial charge on any atom is 0.164 e. The number of hydrogen-bond acceptors (Lipinski definition) is 5. The average Bonchev–Trinajstić information content (AvgIpc) is 3.81. The summed E-state index contributed by atoms with van der Waals surface area (Å²) in [6.45, 7) is 0. The van der Waals surface area contributed by atoms with Gasteiger partial charge in [-0.2, -0.15) is 0 Å². The Balaban J connectivity index is 1.21. The molecule has 7 aromatic carbocycles. The molecular formula is C46H29N5S. The van der Waals surface area contributed by atoms with Crippen molar-refractivity contribution in [2.45, 2.75) is 0 Å². The summed E-state index contributed by atoms with van der Waals surface area (Å²) in [6, 6.07) is 60.8. The summed E-state index contributed by atoms with van der Waals surface area (Å²) in [5.74, 6) is 2.79. The molecule has 3 aromatic heterocycles. The normalized spacial score (nSPS) is 11.5. The lowest BCUT2D eigenvalue weighted by Gasteiger charge is -2.12. The molecule has 0 atom stereocenters. The first kappa shape index (κ1) is 30.1. The van der Waals surface area contributed by atoms with Gasteiger partial charge in [0.25, 0.3) is 0 Å². The number of nitrogens with zero attached hydrogens (tertiary/aromatic N) is 5. The molecule has 3 heterocycles. The molecule has 5 nitrogen and oxygen atoms in total. The highest BCUT2D eigenvalue weighted by atomic mass is 32.1. The van der Waals surface area contributed by atoms with Crippen LogP contribution in [0.5, 0.6) is 0 Å². The quantitative estimate of drug-likeness (QED) is 0.175. The third kappa shape index (κ3) is 5.16. The maximum atomic E-state index is 5.26. The van der Waals surface area contributed by atoms with Gasteiger partial charge in [0.05, 0.1) is 11.0 Å². The predicted octanol–water partition coefficient (Wildman–Crippen LogP) is 11.9. The Bertz CT molecular complexity index is 2880. The van der Waals surface area contributed by atoms with Gasteiger partial charge in [0.15, 0.2) is 17.5 Å². The van der Waals surface area contributed by atoms with Crippen molar-refractivity contribution in [3.05, 3.63) is 176 Å². The summed E-state index contributed by atoms with van der Waals surface area (Å²) in [5, 5.41) is 2.25. The number of benzene rings is 7. The number of imidazole rings is 1. The minimum Gasteiger partial charge on any atom is -0.292 e. The van der Waals surface area contributed by atoms with Crippen molar-refractivity contribution in [1.82, 2.24) is 24.5 Å². The third-order valence-electron chi connectivity index (χ3n) is 9.50. The highest BCUT2D eigenvalue weighted by Crippen LogP contribution is 2.44. The van der Waals surface area contributed by atoms with Crippen LogP contribution < -0.4 is 0 Å². The van der Waals surface area contributed by atoms with Crippen molar-refractivity contribution in [1.29, 1.82) is 0 Å². The number of fused-ring (bicyclic) bond motifs is 4. The van der Waals surface area contributed by atoms with E-state index in [9.17, 15) is 0 Å². The monoisotopic (exact) mass is 683 g/mol. The molecule has 0 bridgehead atoms. The van der Waals surface area contributed by atoms with Crippen LogP contribution in [0.1, 0.15) is 0 Å². The molecule has 52 heavy (non-hydrogen) atoms. The minimum absolute atomic E-state index is 0.631. The van der Waals surface area contributed by atoms with Gasteiger partial charge in [-0.3, -0.25) is 4.57 Å². The number of para-hydroxylation sites is 3. The Morgan fingerprint density at radius 3 is 1.56 bits per heavy atom. The molecule has 10 rings (SSSR count). The van der Waals surface area contributed by atoms with E-state index in [1.165, 1.54) is 10.3 Å². The van der Waals surface area contributed by atoms with Crippen molar-refractivity contribution < 1.29 is 0 Å². The van der Waals surface area contributed by atoms with Gasteiger partial charge in [-0.05, 0) is 47.5 Å². The zero-order valence-electron chi connectivity index (χ0n) is 27.9. The Morgan fingerprint density at radius 2 is 0.865 bits per heavy atom. The predicted molar refractivity (Wildman–Crippen MR) is 215 cm³/mol. The Kier molecular flexibility index (Phi) is 7.25. The Morgan fingerprint density at radius 1 is 0.365 bits per heavy atom. The van der Waals surface area contributed by atoms with E-state index >= 15 is 0 Å². The second-order valence-corrected chi connectivity index (χ2v) is 13.8. The van der Waals surface area contributed by atoms with Gasteiger partial charge in [0.2, 0.25) is 0 Å². The summed E-state index contributed by atoms with van der Waals surface area (Å²) >= 11 is 1.78. The molecule has 0 N–H and O–H groups in total. The molecule has 0 amide bonds. The summed E-state index contributed by atoms with van der Waals surface area (Å²) in [6.07, 6.45) is 0. The van der Waals surface area contributed by atoms with E-state index in [1.807, 2.05) is 48.5 Å². The van der Waals surface area contributed by atoms with Crippen LogP contribution >= 0.6 is 11.3 Å². The maximum absolute atomic E-state index is 5.26. The molecule has 0 aliphatic carbocycles. The molecule has 0 fully saturated rings. The third-order valence-corrected chi connectivity index (χ3v) is 10.6. The fourth-order valence-electron chi connectivity index (χ4n) is 7.07. The van der Waals surface area contributed by atoms with Gasteiger partial charge < -0.3 is 0 Å². The van der Waals surface area contributed by atoms with Gasteiger partial charge in [0.1, 0.15) is 5.82 Å². The van der Waals surface area contributed by atoms with E-state index in [1.54, 1.807) is 11.3 Å². The molecule has 6 heteroatoms. The van der Waals surface area contributed by atoms with Crippen molar-refractivity contribution in [2.24, 2.45) is 0 Å². The van der Waals surface area contributed by atoms with Crippen LogP contribution in [0.4, 0.5) is 0 Å². The zero-order chi connectivity index (χ0) is 34.4. The van der Waals surface area contributed by atoms with E-state index in [-0.39, 0.29) is 0 Å². The lowest BCUT2D eigenvalue weighted by Crippen LogP contribution is -2.00. The molecule has 10 aromatic rings. The first-order chi connectivity index (χ1) is 25.8. The van der Waals surface area contributed by atoms with Crippen LogP contribution in [0.2, 0.25) is 0 Å². The summed E-state index contributed by atoms with van der Waals surface area (Å²) in [5.41, 5.74) is 9.28. The molecule has 244 valence electrons. The number of aromatic nitrogens is 5. The highest BCUT2D eigenvalue weighted by Gasteiger charge is 2.22. The molecule has 0 aliphatic heterocycles. The molecule has 0 saturated carbocycles. The molecule has 0 aliphatic rings. The van der Waals surface area contributed by atoms with Crippen LogP contribution in [0.15, 0.2) is 176 Å². The lowest BCUT2D eigenvalue weighted by atomic mass is 10.0. The number of rotatable bonds is 6. The fraction of sp³-hybridized carbons (Fsp3) is 0. The van der Waals surface area contributed by atoms with Gasteiger partial charge >= 0.3 is 0 Å². The van der Waals surface area contributed by atoms with E-state index in [0.717, 1.165) is 65.8 Å². The number of thiophene rings is 1. The second kappa shape index (κ2) is 12.5. The summed E-state index contributed by atoms with van der Waals surface area (Å²) < 4.78 is 4.61. The first-order valence-corrected chi connectivity index (χ1v) is 18.1. The number of hydrogen-bond donors (Lipinski definition) is 0. The van der Waals surface area contributed by atoms with Crippen molar-refractivity contribution >= 4 is 42.5 Å². The lowest BCUT2D eigenvalue weighted by molar-refractivity contribution is 1.08. The molecular weight excluding hydrogens is 655 g/mol. The minimum atomic E-state index is 0.631. The molecule has 0 spiro atoms. The molecule has 0 unspecified atom stereocenters. The smallest absolute Gasteiger partial charge is 0.164 e. The van der Waals surface area contributed by atoms with E-state index in [2.05, 4.69) is 132 Å². The van der Waals surface area contributed by atoms with E-state index < -0.39 is 0 Å². The van der Waals surface area contributed by atoms with E-state index in [0.29, 0.717) is 17.5 Å². The van der Waals surface area contributed by atoms with Crippen LogP contribution in [0, 0.1) is 0 Å². The molecule has 0 saturated heterocycles. The van der Waals surface area contributed by atoms with Crippen LogP contribution in [-0.2, 0) is 0 Å². The van der Waals surface area contributed by atoms with Crippen molar-refractivity contribution in [3.8, 4) is 62.4 Å². The van der Waals surface area contributed by atoms with E-state index in [4.69, 9.17) is 19.9 Å². The van der Waals surface area contributed by atoms with Gasteiger partial charge in [-0.25, -0.2) is 19.9 Å². The van der Waals surface area contributed by atoms with Gasteiger partial charge in [0, 0.05) is 48.1 Å². The second-order valence-electron chi connectivity index (χ2n) is 12.7. The first-order valence-electron chi connectivity index (χ1n) is 17.2. The Labute approximate surface area is 304 Å². The van der Waals surface area contributed by atoms with Crippen LogP contribution in [-0.4, -0.2) is 24.5 Å². The highest BCUT2D eigenvalue weighted by molar-refractivity contribution is 7.26. The van der Waals surface area contributed by atoms with Gasteiger partial charge in [-0.15, -0.1) is 11.3 Å². The summed E-state index contributed by atoms with van der Waals surface area (Å²) in [7, 11) is 0. The zero-order valence-corrected chi connectivity index (χ0v) is 28.7. The topological polar surface area (TPSA) is 56.5 Å². The SMILES string of the molecule is c1ccc(-c2ccc(-c3nc(-c4ccccc4)nc(-c4cccc5sc6cccc(-c7nc8ccccc8n7-c7ccccc7)c6c45)n3)cc2)cc1.